The van der Waals surface area contributed by atoms with Crippen molar-refractivity contribution in [2.24, 2.45) is 0 Å². The van der Waals surface area contributed by atoms with Crippen LogP contribution in [0.1, 0.15) is 27.9 Å². The van der Waals surface area contributed by atoms with Crippen molar-refractivity contribution < 1.29 is 23.5 Å². The summed E-state index contributed by atoms with van der Waals surface area (Å²) in [6.07, 6.45) is 2.58. The quantitative estimate of drug-likeness (QED) is 0.529. The summed E-state index contributed by atoms with van der Waals surface area (Å²) in [5.74, 6) is -0.360. The Morgan fingerprint density at radius 1 is 1.07 bits per heavy atom. The van der Waals surface area contributed by atoms with Gasteiger partial charge in [-0.15, -0.1) is 0 Å². The van der Waals surface area contributed by atoms with Gasteiger partial charge in [-0.25, -0.2) is 9.59 Å². The minimum absolute atomic E-state index is 0.209. The van der Waals surface area contributed by atoms with Crippen molar-refractivity contribution in [3.05, 3.63) is 69.6 Å². The Balaban J connectivity index is 1.41. The SMILES string of the molecule is COC(=O)c1ccc(NC(=O)COc2ccc3c4c(c(=O)oc3c2)CCC4)cc1. The van der Waals surface area contributed by atoms with Crippen molar-refractivity contribution >= 4 is 28.5 Å². The average Bonchev–Trinajstić information content (AvgIpc) is 3.23. The molecular formula is C22H19NO6. The van der Waals surface area contributed by atoms with E-state index in [2.05, 4.69) is 10.1 Å². The molecule has 0 fully saturated rings. The van der Waals surface area contributed by atoms with Crippen LogP contribution >= 0.6 is 0 Å². The average molecular weight is 393 g/mol. The first kappa shape index (κ1) is 18.7. The lowest BCUT2D eigenvalue weighted by Crippen LogP contribution is -2.20. The Bertz CT molecular complexity index is 1150. The molecular weight excluding hydrogens is 374 g/mol. The zero-order valence-electron chi connectivity index (χ0n) is 15.8. The number of fused-ring (bicyclic) bond motifs is 3. The standard InChI is InChI=1S/C22H19NO6/c1-27-21(25)13-5-7-14(8-6-13)23-20(24)12-28-15-9-10-17-16-3-2-4-18(16)22(26)29-19(17)11-15/h5-11H,2-4,12H2,1H3,(H,23,24). The van der Waals surface area contributed by atoms with Gasteiger partial charge in [0.2, 0.25) is 0 Å². The van der Waals surface area contributed by atoms with Gasteiger partial charge in [0.05, 0.1) is 12.7 Å². The Kier molecular flexibility index (Phi) is 5.03. The van der Waals surface area contributed by atoms with E-state index in [9.17, 15) is 14.4 Å². The highest BCUT2D eigenvalue weighted by Crippen LogP contribution is 2.29. The fourth-order valence-electron chi connectivity index (χ4n) is 3.51. The van der Waals surface area contributed by atoms with Crippen LogP contribution in [0.15, 0.2) is 51.7 Å². The topological polar surface area (TPSA) is 94.8 Å². The predicted molar refractivity (Wildman–Crippen MR) is 106 cm³/mol. The molecule has 0 saturated heterocycles. The Labute approximate surface area is 166 Å². The highest BCUT2D eigenvalue weighted by atomic mass is 16.5. The van der Waals surface area contributed by atoms with Crippen molar-refractivity contribution in [3.8, 4) is 5.75 Å². The molecule has 0 bridgehead atoms. The van der Waals surface area contributed by atoms with E-state index in [1.54, 1.807) is 36.4 Å². The fourth-order valence-corrected chi connectivity index (χ4v) is 3.51. The first-order valence-corrected chi connectivity index (χ1v) is 9.25. The number of carbonyl (C=O) groups is 2. The number of aryl methyl sites for hydroxylation is 1. The van der Waals surface area contributed by atoms with Gasteiger partial charge < -0.3 is 19.2 Å². The molecule has 1 aliphatic rings. The van der Waals surface area contributed by atoms with Crippen LogP contribution in [-0.2, 0) is 22.4 Å². The number of benzene rings is 2. The van der Waals surface area contributed by atoms with Gasteiger partial charge in [0, 0.05) is 22.7 Å². The van der Waals surface area contributed by atoms with Crippen molar-refractivity contribution in [1.29, 1.82) is 0 Å². The second-order valence-corrected chi connectivity index (χ2v) is 6.76. The van der Waals surface area contributed by atoms with E-state index in [-0.39, 0.29) is 18.1 Å². The molecule has 1 amide bonds. The van der Waals surface area contributed by atoms with Gasteiger partial charge >= 0.3 is 11.6 Å². The highest BCUT2D eigenvalue weighted by Gasteiger charge is 2.19. The lowest BCUT2D eigenvalue weighted by atomic mass is 10.1. The summed E-state index contributed by atoms with van der Waals surface area (Å²) in [6.45, 7) is -0.209. The fraction of sp³-hybridized carbons (Fsp3) is 0.227. The Morgan fingerprint density at radius 2 is 1.83 bits per heavy atom. The summed E-state index contributed by atoms with van der Waals surface area (Å²) in [5.41, 5.74) is 2.92. The molecule has 1 heterocycles. The summed E-state index contributed by atoms with van der Waals surface area (Å²) in [4.78, 5) is 35.6. The van der Waals surface area contributed by atoms with Crippen molar-refractivity contribution in [3.63, 3.8) is 0 Å². The maximum Gasteiger partial charge on any atom is 0.339 e. The molecule has 7 nitrogen and oxygen atoms in total. The smallest absolute Gasteiger partial charge is 0.339 e. The van der Waals surface area contributed by atoms with E-state index in [4.69, 9.17) is 9.15 Å². The molecule has 1 N–H and O–H groups in total. The zero-order chi connectivity index (χ0) is 20.4. The van der Waals surface area contributed by atoms with E-state index in [0.717, 1.165) is 35.8 Å². The van der Waals surface area contributed by atoms with Crippen LogP contribution in [0.5, 0.6) is 5.75 Å². The molecule has 0 atom stereocenters. The van der Waals surface area contributed by atoms with Crippen LogP contribution in [0.3, 0.4) is 0 Å². The molecule has 0 spiro atoms. The number of methoxy groups -OCH3 is 1. The summed E-state index contributed by atoms with van der Waals surface area (Å²) >= 11 is 0. The molecule has 0 aliphatic heterocycles. The molecule has 0 radical (unpaired) electrons. The number of amides is 1. The number of nitrogens with one attached hydrogen (secondary N) is 1. The van der Waals surface area contributed by atoms with E-state index in [0.29, 0.717) is 22.6 Å². The van der Waals surface area contributed by atoms with Gasteiger partial charge in [-0.3, -0.25) is 4.79 Å². The predicted octanol–water partition coefficient (Wildman–Crippen LogP) is 3.09. The molecule has 4 rings (SSSR count). The van der Waals surface area contributed by atoms with Gasteiger partial charge in [0.1, 0.15) is 11.3 Å². The summed E-state index contributed by atoms with van der Waals surface area (Å²) < 4.78 is 15.6. The minimum Gasteiger partial charge on any atom is -0.484 e. The van der Waals surface area contributed by atoms with Crippen LogP contribution < -0.4 is 15.7 Å². The first-order valence-electron chi connectivity index (χ1n) is 9.25. The van der Waals surface area contributed by atoms with Crippen molar-refractivity contribution in [2.45, 2.75) is 19.3 Å². The van der Waals surface area contributed by atoms with Crippen molar-refractivity contribution in [1.82, 2.24) is 0 Å². The van der Waals surface area contributed by atoms with E-state index >= 15 is 0 Å². The number of anilines is 1. The van der Waals surface area contributed by atoms with Gasteiger partial charge in [0.15, 0.2) is 6.61 Å². The molecule has 29 heavy (non-hydrogen) atoms. The minimum atomic E-state index is -0.445. The normalized spacial score (nSPS) is 12.4. The first-order chi connectivity index (χ1) is 14.0. The number of carbonyl (C=O) groups excluding carboxylic acids is 2. The maximum atomic E-state index is 12.1. The number of rotatable bonds is 5. The lowest BCUT2D eigenvalue weighted by molar-refractivity contribution is -0.118. The molecule has 0 saturated carbocycles. The van der Waals surface area contributed by atoms with Gasteiger partial charge in [-0.1, -0.05) is 0 Å². The third-order valence-corrected chi connectivity index (χ3v) is 4.90. The molecule has 148 valence electrons. The van der Waals surface area contributed by atoms with Gasteiger partial charge in [-0.05, 0) is 61.2 Å². The number of hydrogen-bond acceptors (Lipinski definition) is 6. The number of esters is 1. The Hall–Kier alpha value is -3.61. The monoisotopic (exact) mass is 393 g/mol. The second kappa shape index (κ2) is 7.79. The van der Waals surface area contributed by atoms with Crippen molar-refractivity contribution in [2.75, 3.05) is 19.0 Å². The number of ether oxygens (including phenoxy) is 2. The van der Waals surface area contributed by atoms with Crippen LogP contribution in [0.4, 0.5) is 5.69 Å². The van der Waals surface area contributed by atoms with Gasteiger partial charge in [-0.2, -0.15) is 0 Å². The maximum absolute atomic E-state index is 12.1. The van der Waals surface area contributed by atoms with Crippen LogP contribution in [-0.4, -0.2) is 25.6 Å². The second-order valence-electron chi connectivity index (χ2n) is 6.76. The summed E-state index contributed by atoms with van der Waals surface area (Å²) in [6, 6.07) is 11.6. The Morgan fingerprint density at radius 3 is 2.59 bits per heavy atom. The van der Waals surface area contributed by atoms with E-state index < -0.39 is 5.97 Å². The highest BCUT2D eigenvalue weighted by molar-refractivity contribution is 5.93. The number of hydrogen-bond donors (Lipinski definition) is 1. The van der Waals surface area contributed by atoms with E-state index in [1.807, 2.05) is 6.07 Å². The molecule has 7 heteroatoms. The molecule has 0 unspecified atom stereocenters. The van der Waals surface area contributed by atoms with E-state index in [1.165, 1.54) is 7.11 Å². The van der Waals surface area contributed by atoms with Crippen LogP contribution in [0, 0.1) is 0 Å². The summed E-state index contributed by atoms with van der Waals surface area (Å²) in [5, 5.41) is 3.60. The third-order valence-electron chi connectivity index (χ3n) is 4.90. The molecule has 1 aliphatic carbocycles. The zero-order valence-corrected chi connectivity index (χ0v) is 15.8. The molecule has 3 aromatic rings. The lowest BCUT2D eigenvalue weighted by Gasteiger charge is -2.09. The summed E-state index contributed by atoms with van der Waals surface area (Å²) in [7, 11) is 1.31. The van der Waals surface area contributed by atoms with Crippen LogP contribution in [0.2, 0.25) is 0 Å². The third kappa shape index (κ3) is 3.85. The van der Waals surface area contributed by atoms with Gasteiger partial charge in [0.25, 0.3) is 5.91 Å². The van der Waals surface area contributed by atoms with Crippen LogP contribution in [0.25, 0.3) is 11.0 Å². The molecule has 2 aromatic carbocycles. The largest absolute Gasteiger partial charge is 0.484 e. The molecule has 1 aromatic heterocycles.